The van der Waals surface area contributed by atoms with Gasteiger partial charge in [0.25, 0.3) is 11.6 Å². The zero-order valence-corrected chi connectivity index (χ0v) is 11.8. The lowest BCUT2D eigenvalue weighted by Gasteiger charge is -2.35. The van der Waals surface area contributed by atoms with E-state index in [-0.39, 0.29) is 18.0 Å². The maximum absolute atomic E-state index is 14.0. The number of likely N-dealkylation sites (tertiary alicyclic amines) is 1. The third kappa shape index (κ3) is 3.38. The van der Waals surface area contributed by atoms with Gasteiger partial charge < -0.3 is 10.6 Å². The maximum Gasteiger partial charge on any atom is 0.272 e. The minimum Gasteiger partial charge on any atom is -0.370 e. The molecule has 0 aromatic heterocycles. The van der Waals surface area contributed by atoms with Crippen molar-refractivity contribution in [2.75, 3.05) is 6.54 Å². The van der Waals surface area contributed by atoms with Crippen molar-refractivity contribution >= 4 is 17.5 Å². The standard InChI is InChI=1S/C14H16FN3O4/c15-12-7-10(18(21)22)4-5-11(12)14(20)17-6-2-1-3-9(17)8-13(16)19/h4-5,7,9H,1-3,6,8H2,(H2,16,19)/t9-/m0/s1. The van der Waals surface area contributed by atoms with Gasteiger partial charge in [-0.2, -0.15) is 0 Å². The van der Waals surface area contributed by atoms with Crippen LogP contribution in [0.15, 0.2) is 18.2 Å². The van der Waals surface area contributed by atoms with Gasteiger partial charge in [-0.1, -0.05) is 0 Å². The van der Waals surface area contributed by atoms with E-state index in [1.807, 2.05) is 0 Å². The van der Waals surface area contributed by atoms with Crippen LogP contribution in [0.3, 0.4) is 0 Å². The van der Waals surface area contributed by atoms with E-state index in [9.17, 15) is 24.1 Å². The molecule has 0 spiro atoms. The van der Waals surface area contributed by atoms with Crippen molar-refractivity contribution in [1.29, 1.82) is 0 Å². The molecule has 8 heteroatoms. The summed E-state index contributed by atoms with van der Waals surface area (Å²) in [5.41, 5.74) is 4.53. The fraction of sp³-hybridized carbons (Fsp3) is 0.429. The van der Waals surface area contributed by atoms with Crippen LogP contribution in [-0.4, -0.2) is 34.2 Å². The number of halogens is 1. The highest BCUT2D eigenvalue weighted by atomic mass is 19.1. The number of hydrogen-bond donors (Lipinski definition) is 1. The molecule has 1 aromatic carbocycles. The molecule has 7 nitrogen and oxygen atoms in total. The number of hydrogen-bond acceptors (Lipinski definition) is 4. The molecule has 0 bridgehead atoms. The summed E-state index contributed by atoms with van der Waals surface area (Å²) >= 11 is 0. The van der Waals surface area contributed by atoms with E-state index in [2.05, 4.69) is 0 Å². The molecule has 1 aliphatic heterocycles. The summed E-state index contributed by atoms with van der Waals surface area (Å²) < 4.78 is 14.0. The Balaban J connectivity index is 2.25. The fourth-order valence-corrected chi connectivity index (χ4v) is 2.66. The lowest BCUT2D eigenvalue weighted by Crippen LogP contribution is -2.45. The van der Waals surface area contributed by atoms with Gasteiger partial charge in [-0.15, -0.1) is 0 Å². The van der Waals surface area contributed by atoms with Crippen LogP contribution in [0.25, 0.3) is 0 Å². The zero-order chi connectivity index (χ0) is 16.3. The van der Waals surface area contributed by atoms with Gasteiger partial charge in [0.1, 0.15) is 5.82 Å². The second kappa shape index (κ2) is 6.50. The Kier molecular flexibility index (Phi) is 4.69. The van der Waals surface area contributed by atoms with Crippen LogP contribution >= 0.6 is 0 Å². The highest BCUT2D eigenvalue weighted by Crippen LogP contribution is 2.24. The summed E-state index contributed by atoms with van der Waals surface area (Å²) in [6.07, 6.45) is 2.28. The number of nitrogens with zero attached hydrogens (tertiary/aromatic N) is 2. The van der Waals surface area contributed by atoms with Crippen molar-refractivity contribution in [3.63, 3.8) is 0 Å². The van der Waals surface area contributed by atoms with Crippen LogP contribution in [0.4, 0.5) is 10.1 Å². The molecule has 2 amide bonds. The Labute approximate surface area is 126 Å². The molecule has 1 aliphatic rings. The highest BCUT2D eigenvalue weighted by molar-refractivity contribution is 5.95. The van der Waals surface area contributed by atoms with Crippen molar-refractivity contribution in [3.8, 4) is 0 Å². The molecule has 2 rings (SSSR count). The monoisotopic (exact) mass is 309 g/mol. The number of benzene rings is 1. The Morgan fingerprint density at radius 2 is 2.14 bits per heavy atom. The maximum atomic E-state index is 14.0. The minimum absolute atomic E-state index is 0.0281. The van der Waals surface area contributed by atoms with Gasteiger partial charge in [-0.25, -0.2) is 4.39 Å². The van der Waals surface area contributed by atoms with E-state index in [0.29, 0.717) is 13.0 Å². The number of rotatable bonds is 4. The molecule has 0 unspecified atom stereocenters. The van der Waals surface area contributed by atoms with Gasteiger partial charge in [0, 0.05) is 25.1 Å². The average molecular weight is 309 g/mol. The second-order valence-electron chi connectivity index (χ2n) is 5.24. The molecule has 118 valence electrons. The van der Waals surface area contributed by atoms with Gasteiger partial charge in [0.15, 0.2) is 0 Å². The van der Waals surface area contributed by atoms with Crippen molar-refractivity contribution in [3.05, 3.63) is 39.7 Å². The number of amides is 2. The van der Waals surface area contributed by atoms with E-state index < -0.39 is 28.2 Å². The van der Waals surface area contributed by atoms with Gasteiger partial charge in [-0.3, -0.25) is 19.7 Å². The van der Waals surface area contributed by atoms with Crippen molar-refractivity contribution < 1.29 is 18.9 Å². The number of nitrogens with two attached hydrogens (primary N) is 1. The van der Waals surface area contributed by atoms with Crippen LogP contribution < -0.4 is 5.73 Å². The number of nitro groups is 1. The Hall–Kier alpha value is -2.51. The summed E-state index contributed by atoms with van der Waals surface area (Å²) in [6, 6.07) is 2.56. The fourth-order valence-electron chi connectivity index (χ4n) is 2.66. The Bertz CT molecular complexity index is 620. The molecule has 1 aromatic rings. The normalized spacial score (nSPS) is 18.0. The smallest absolute Gasteiger partial charge is 0.272 e. The largest absolute Gasteiger partial charge is 0.370 e. The van der Waals surface area contributed by atoms with Gasteiger partial charge in [-0.05, 0) is 25.3 Å². The van der Waals surface area contributed by atoms with Crippen molar-refractivity contribution in [1.82, 2.24) is 4.90 Å². The number of non-ortho nitro benzene ring substituents is 1. The average Bonchev–Trinajstić information content (AvgIpc) is 2.46. The first-order chi connectivity index (χ1) is 10.4. The first kappa shape index (κ1) is 15.9. The molecule has 0 radical (unpaired) electrons. The van der Waals surface area contributed by atoms with E-state index in [4.69, 9.17) is 5.73 Å². The third-order valence-electron chi connectivity index (χ3n) is 3.72. The molecule has 1 fully saturated rings. The number of carbonyl (C=O) groups excluding carboxylic acids is 2. The predicted molar refractivity (Wildman–Crippen MR) is 75.5 cm³/mol. The summed E-state index contributed by atoms with van der Waals surface area (Å²) in [5.74, 6) is -2.03. The quantitative estimate of drug-likeness (QED) is 0.673. The summed E-state index contributed by atoms with van der Waals surface area (Å²) in [5, 5.41) is 10.6. The minimum atomic E-state index is -0.942. The van der Waals surface area contributed by atoms with Crippen LogP contribution in [0.5, 0.6) is 0 Å². The molecule has 22 heavy (non-hydrogen) atoms. The summed E-state index contributed by atoms with van der Waals surface area (Å²) in [4.78, 5) is 34.9. The SMILES string of the molecule is NC(=O)C[C@@H]1CCCCN1C(=O)c1ccc([N+](=O)[O-])cc1F. The van der Waals surface area contributed by atoms with Gasteiger partial charge in [0.05, 0.1) is 16.6 Å². The molecule has 0 aliphatic carbocycles. The summed E-state index contributed by atoms with van der Waals surface area (Å²) in [6.45, 7) is 0.410. The lowest BCUT2D eigenvalue weighted by molar-refractivity contribution is -0.385. The van der Waals surface area contributed by atoms with Crippen LogP contribution in [0.2, 0.25) is 0 Å². The van der Waals surface area contributed by atoms with E-state index in [1.165, 1.54) is 4.90 Å². The molecule has 1 saturated heterocycles. The van der Waals surface area contributed by atoms with Crippen LogP contribution in [0, 0.1) is 15.9 Å². The van der Waals surface area contributed by atoms with Crippen LogP contribution in [-0.2, 0) is 4.79 Å². The van der Waals surface area contributed by atoms with E-state index in [0.717, 1.165) is 31.0 Å². The van der Waals surface area contributed by atoms with Gasteiger partial charge in [0.2, 0.25) is 5.91 Å². The molecule has 2 N–H and O–H groups in total. The highest BCUT2D eigenvalue weighted by Gasteiger charge is 2.30. The topological polar surface area (TPSA) is 107 Å². The third-order valence-corrected chi connectivity index (χ3v) is 3.72. The van der Waals surface area contributed by atoms with Crippen molar-refractivity contribution in [2.24, 2.45) is 5.73 Å². The van der Waals surface area contributed by atoms with E-state index >= 15 is 0 Å². The zero-order valence-electron chi connectivity index (χ0n) is 11.8. The number of carbonyl (C=O) groups is 2. The van der Waals surface area contributed by atoms with Crippen LogP contribution in [0.1, 0.15) is 36.0 Å². The molecular formula is C14H16FN3O4. The Morgan fingerprint density at radius 1 is 1.41 bits per heavy atom. The predicted octanol–water partition coefficient (Wildman–Crippen LogP) is 1.60. The molecule has 1 heterocycles. The molecule has 0 saturated carbocycles. The number of nitro benzene ring substituents is 1. The first-order valence-corrected chi connectivity index (χ1v) is 6.93. The number of primary amides is 1. The molecular weight excluding hydrogens is 293 g/mol. The van der Waals surface area contributed by atoms with E-state index in [1.54, 1.807) is 0 Å². The first-order valence-electron chi connectivity index (χ1n) is 6.93. The summed E-state index contributed by atoms with van der Waals surface area (Å²) in [7, 11) is 0. The molecule has 1 atom stereocenters. The van der Waals surface area contributed by atoms with Crippen molar-refractivity contribution in [2.45, 2.75) is 31.7 Å². The second-order valence-corrected chi connectivity index (χ2v) is 5.24. The number of piperidine rings is 1. The Morgan fingerprint density at radius 3 is 2.73 bits per heavy atom. The van der Waals surface area contributed by atoms with Gasteiger partial charge >= 0.3 is 0 Å². The lowest BCUT2D eigenvalue weighted by atomic mass is 9.98.